The van der Waals surface area contributed by atoms with Gasteiger partial charge in [-0.05, 0) is 49.9 Å². The lowest BCUT2D eigenvalue weighted by Gasteiger charge is -2.25. The van der Waals surface area contributed by atoms with E-state index in [9.17, 15) is 4.79 Å². The highest BCUT2D eigenvalue weighted by atomic mass is 16.5. The Hall–Kier alpha value is -1.55. The zero-order chi connectivity index (χ0) is 16.8. The Kier molecular flexibility index (Phi) is 6.46. The van der Waals surface area contributed by atoms with Crippen LogP contribution in [-0.2, 0) is 4.79 Å². The minimum atomic E-state index is -0.386. The molecule has 128 valence electrons. The maximum atomic E-state index is 12.8. The van der Waals surface area contributed by atoms with Crippen LogP contribution in [0, 0.1) is 5.92 Å². The molecule has 0 bridgehead atoms. The van der Waals surface area contributed by atoms with E-state index in [2.05, 4.69) is 25.2 Å². The third-order valence-electron chi connectivity index (χ3n) is 4.55. The first-order chi connectivity index (χ1) is 11.1. The Labute approximate surface area is 140 Å². The predicted molar refractivity (Wildman–Crippen MR) is 93.9 cm³/mol. The summed E-state index contributed by atoms with van der Waals surface area (Å²) < 4.78 is 6.12. The summed E-state index contributed by atoms with van der Waals surface area (Å²) in [4.78, 5) is 14.8. The summed E-state index contributed by atoms with van der Waals surface area (Å²) in [7, 11) is 1.96. The van der Waals surface area contributed by atoms with E-state index in [0.29, 0.717) is 18.3 Å². The van der Waals surface area contributed by atoms with Crippen LogP contribution in [0.3, 0.4) is 0 Å². The molecule has 2 atom stereocenters. The van der Waals surface area contributed by atoms with Gasteiger partial charge >= 0.3 is 0 Å². The lowest BCUT2D eigenvalue weighted by atomic mass is 10.0. The maximum Gasteiger partial charge on any atom is 0.263 e. The van der Waals surface area contributed by atoms with Gasteiger partial charge in [-0.1, -0.05) is 39.0 Å². The summed E-state index contributed by atoms with van der Waals surface area (Å²) in [6, 6.07) is 8.04. The molecule has 1 aromatic rings. The van der Waals surface area contributed by atoms with Gasteiger partial charge in [-0.25, -0.2) is 0 Å². The molecule has 1 aromatic carbocycles. The molecule has 1 heterocycles. The van der Waals surface area contributed by atoms with Crippen LogP contribution < -0.4 is 10.1 Å². The molecule has 0 aliphatic carbocycles. The lowest BCUT2D eigenvalue weighted by molar-refractivity contribution is -0.137. The second-order valence-electron chi connectivity index (χ2n) is 6.70. The van der Waals surface area contributed by atoms with Crippen molar-refractivity contribution < 1.29 is 9.53 Å². The van der Waals surface area contributed by atoms with E-state index >= 15 is 0 Å². The van der Waals surface area contributed by atoms with Gasteiger partial charge in [0.05, 0.1) is 0 Å². The van der Waals surface area contributed by atoms with Gasteiger partial charge in [-0.3, -0.25) is 4.79 Å². The smallest absolute Gasteiger partial charge is 0.263 e. The van der Waals surface area contributed by atoms with E-state index in [1.807, 2.05) is 37.1 Å². The first-order valence-corrected chi connectivity index (χ1v) is 8.75. The number of benzene rings is 1. The number of nitrogens with zero attached hydrogens (tertiary/aromatic N) is 1. The van der Waals surface area contributed by atoms with Gasteiger partial charge in [0.25, 0.3) is 5.91 Å². The van der Waals surface area contributed by atoms with E-state index in [1.54, 1.807) is 0 Å². The molecular weight excluding hydrogens is 288 g/mol. The second-order valence-corrected chi connectivity index (χ2v) is 6.70. The van der Waals surface area contributed by atoms with Gasteiger partial charge in [-0.15, -0.1) is 0 Å². The van der Waals surface area contributed by atoms with Gasteiger partial charge < -0.3 is 15.0 Å². The monoisotopic (exact) mass is 318 g/mol. The van der Waals surface area contributed by atoms with Gasteiger partial charge in [0.1, 0.15) is 5.75 Å². The van der Waals surface area contributed by atoms with Crippen molar-refractivity contribution in [3.05, 3.63) is 29.8 Å². The number of ether oxygens (including phenoxy) is 1. The quantitative estimate of drug-likeness (QED) is 0.840. The largest absolute Gasteiger partial charge is 0.480 e. The van der Waals surface area contributed by atoms with Crippen LogP contribution in [0.25, 0.3) is 0 Å². The summed E-state index contributed by atoms with van der Waals surface area (Å²) in [6.07, 6.45) is 1.38. The number of para-hydroxylation sites is 1. The number of nitrogens with one attached hydrogen (secondary N) is 1. The zero-order valence-corrected chi connectivity index (χ0v) is 14.8. The molecule has 1 aliphatic rings. The van der Waals surface area contributed by atoms with Gasteiger partial charge in [0.2, 0.25) is 0 Å². The molecule has 23 heavy (non-hydrogen) atoms. The highest BCUT2D eigenvalue weighted by Gasteiger charge is 2.31. The minimum absolute atomic E-state index is 0.129. The first-order valence-electron chi connectivity index (χ1n) is 8.75. The lowest BCUT2D eigenvalue weighted by Crippen LogP contribution is -2.41. The van der Waals surface area contributed by atoms with Crippen LogP contribution in [0.2, 0.25) is 0 Å². The molecule has 1 N–H and O–H groups in total. The number of hydrogen-bond donors (Lipinski definition) is 1. The van der Waals surface area contributed by atoms with E-state index in [0.717, 1.165) is 37.4 Å². The standard InChI is InChI=1S/C19H30N2O2/c1-5-17(19(22)21-11-10-15(13-21)12-20-4)23-18-9-7-6-8-16(18)14(2)3/h6-9,14-15,17,20H,5,10-13H2,1-4H3. The van der Waals surface area contributed by atoms with Crippen molar-refractivity contribution in [1.29, 1.82) is 0 Å². The highest BCUT2D eigenvalue weighted by molar-refractivity contribution is 5.81. The SMILES string of the molecule is CCC(Oc1ccccc1C(C)C)C(=O)N1CCC(CNC)C1. The zero-order valence-electron chi connectivity index (χ0n) is 14.8. The van der Waals surface area contributed by atoms with E-state index < -0.39 is 0 Å². The Balaban J connectivity index is 2.04. The van der Waals surface area contributed by atoms with Crippen LogP contribution in [0.1, 0.15) is 45.1 Å². The molecule has 4 nitrogen and oxygen atoms in total. The van der Waals surface area contributed by atoms with Crippen LogP contribution in [-0.4, -0.2) is 43.6 Å². The van der Waals surface area contributed by atoms with E-state index in [1.165, 1.54) is 0 Å². The number of hydrogen-bond acceptors (Lipinski definition) is 3. The minimum Gasteiger partial charge on any atom is -0.480 e. The molecule has 2 unspecified atom stereocenters. The first kappa shape index (κ1) is 17.8. The van der Waals surface area contributed by atoms with Crippen molar-refractivity contribution in [3.63, 3.8) is 0 Å². The maximum absolute atomic E-state index is 12.8. The van der Waals surface area contributed by atoms with E-state index in [4.69, 9.17) is 4.74 Å². The Morgan fingerprint density at radius 2 is 2.13 bits per heavy atom. The summed E-state index contributed by atoms with van der Waals surface area (Å²) in [5.74, 6) is 1.91. The van der Waals surface area contributed by atoms with Crippen molar-refractivity contribution in [1.82, 2.24) is 10.2 Å². The number of carbonyl (C=O) groups excluding carboxylic acids is 1. The molecule has 0 radical (unpaired) electrons. The van der Waals surface area contributed by atoms with Crippen molar-refractivity contribution in [2.75, 3.05) is 26.7 Å². The number of rotatable bonds is 7. The molecular formula is C19H30N2O2. The summed E-state index contributed by atoms with van der Waals surface area (Å²) in [5, 5.41) is 3.20. The van der Waals surface area contributed by atoms with E-state index in [-0.39, 0.29) is 12.0 Å². The molecule has 1 aliphatic heterocycles. The van der Waals surface area contributed by atoms with Crippen molar-refractivity contribution in [2.24, 2.45) is 5.92 Å². The summed E-state index contributed by atoms with van der Waals surface area (Å²) in [5.41, 5.74) is 1.16. The molecule has 1 amide bonds. The molecule has 2 rings (SSSR count). The highest BCUT2D eigenvalue weighted by Crippen LogP contribution is 2.28. The van der Waals surface area contributed by atoms with Gasteiger partial charge in [-0.2, -0.15) is 0 Å². The molecule has 4 heteroatoms. The normalized spacial score (nSPS) is 19.2. The molecule has 1 fully saturated rings. The topological polar surface area (TPSA) is 41.6 Å². The van der Waals surface area contributed by atoms with Gasteiger partial charge in [0, 0.05) is 13.1 Å². The average Bonchev–Trinajstić information content (AvgIpc) is 3.01. The van der Waals surface area contributed by atoms with Gasteiger partial charge in [0.15, 0.2) is 6.10 Å². The summed E-state index contributed by atoms with van der Waals surface area (Å²) >= 11 is 0. The fourth-order valence-electron chi connectivity index (χ4n) is 3.22. The average molecular weight is 318 g/mol. The summed E-state index contributed by atoms with van der Waals surface area (Å²) in [6.45, 7) is 8.96. The molecule has 1 saturated heterocycles. The number of likely N-dealkylation sites (tertiary alicyclic amines) is 1. The van der Waals surface area contributed by atoms with Crippen LogP contribution in [0.15, 0.2) is 24.3 Å². The predicted octanol–water partition coefficient (Wildman–Crippen LogP) is 3.04. The van der Waals surface area contributed by atoms with Crippen molar-refractivity contribution >= 4 is 5.91 Å². The van der Waals surface area contributed by atoms with Crippen molar-refractivity contribution in [2.45, 2.75) is 45.6 Å². The van der Waals surface area contributed by atoms with Crippen LogP contribution in [0.4, 0.5) is 0 Å². The Bertz CT molecular complexity index is 516. The Morgan fingerprint density at radius 1 is 1.39 bits per heavy atom. The third-order valence-corrected chi connectivity index (χ3v) is 4.55. The molecule has 0 spiro atoms. The second kappa shape index (κ2) is 8.34. The Morgan fingerprint density at radius 3 is 2.78 bits per heavy atom. The third kappa shape index (κ3) is 4.47. The van der Waals surface area contributed by atoms with Crippen LogP contribution >= 0.6 is 0 Å². The van der Waals surface area contributed by atoms with Crippen molar-refractivity contribution in [3.8, 4) is 5.75 Å². The van der Waals surface area contributed by atoms with Crippen LogP contribution in [0.5, 0.6) is 5.75 Å². The number of amides is 1. The molecule has 0 saturated carbocycles. The fourth-order valence-corrected chi connectivity index (χ4v) is 3.22. The number of carbonyl (C=O) groups is 1. The fraction of sp³-hybridized carbons (Fsp3) is 0.632. The molecule has 0 aromatic heterocycles.